The van der Waals surface area contributed by atoms with Crippen molar-refractivity contribution in [2.24, 2.45) is 0 Å². The lowest BCUT2D eigenvalue weighted by Gasteiger charge is -2.13. The minimum absolute atomic E-state index is 0.165. The number of carbonyl (C=O) groups is 2. The molecule has 1 amide bonds. The molecule has 0 spiro atoms. The molecule has 6 heteroatoms. The lowest BCUT2D eigenvalue weighted by Crippen LogP contribution is -2.22. The van der Waals surface area contributed by atoms with Crippen molar-refractivity contribution in [2.75, 3.05) is 0 Å². The molecule has 0 bridgehead atoms. The van der Waals surface area contributed by atoms with Gasteiger partial charge in [0.2, 0.25) is 0 Å². The summed E-state index contributed by atoms with van der Waals surface area (Å²) in [4.78, 5) is 23.7. The number of carboxylic acid groups (broad SMARTS) is 1. The lowest BCUT2D eigenvalue weighted by molar-refractivity contribution is 0.0696. The molecule has 3 N–H and O–H groups in total. The standard InChI is InChI=1S/C26H20BrNO4/c27-23-11-1-16(2-12-23)15-28-25(30)21-10-4-17-3-9-20(13-22(17)14-21)24(29)18-5-7-19(8-6-18)26(31)32/h1-14,24,29H,15H2,(H,28,30)(H,31,32). The minimum Gasteiger partial charge on any atom is -0.478 e. The molecular formula is C26H20BrNO4. The number of nitrogens with one attached hydrogen (secondary N) is 1. The summed E-state index contributed by atoms with van der Waals surface area (Å²) in [5.74, 6) is -1.19. The molecule has 0 saturated heterocycles. The van der Waals surface area contributed by atoms with Gasteiger partial charge in [-0.25, -0.2) is 4.79 Å². The first kappa shape index (κ1) is 21.7. The number of halogens is 1. The van der Waals surface area contributed by atoms with E-state index in [9.17, 15) is 14.7 Å². The van der Waals surface area contributed by atoms with E-state index in [0.29, 0.717) is 23.2 Å². The highest BCUT2D eigenvalue weighted by atomic mass is 79.9. The summed E-state index contributed by atoms with van der Waals surface area (Å²) in [7, 11) is 0. The van der Waals surface area contributed by atoms with Gasteiger partial charge in [-0.3, -0.25) is 4.79 Å². The zero-order chi connectivity index (χ0) is 22.7. The zero-order valence-corrected chi connectivity index (χ0v) is 18.5. The average molecular weight is 490 g/mol. The summed E-state index contributed by atoms with van der Waals surface area (Å²) >= 11 is 3.40. The van der Waals surface area contributed by atoms with E-state index in [1.165, 1.54) is 12.1 Å². The molecule has 0 aliphatic heterocycles. The number of rotatable bonds is 6. The van der Waals surface area contributed by atoms with Gasteiger partial charge in [0.1, 0.15) is 6.10 Å². The number of carbonyl (C=O) groups excluding carboxylic acids is 1. The molecule has 0 aliphatic rings. The molecule has 0 aliphatic carbocycles. The van der Waals surface area contributed by atoms with Gasteiger partial charge in [0, 0.05) is 16.6 Å². The third kappa shape index (κ3) is 4.88. The van der Waals surface area contributed by atoms with Crippen molar-refractivity contribution in [2.45, 2.75) is 12.6 Å². The molecule has 1 unspecified atom stereocenters. The third-order valence-corrected chi connectivity index (χ3v) is 5.81. The number of aromatic carboxylic acids is 1. The maximum absolute atomic E-state index is 12.6. The highest BCUT2D eigenvalue weighted by molar-refractivity contribution is 9.10. The van der Waals surface area contributed by atoms with Crippen molar-refractivity contribution in [3.05, 3.63) is 117 Å². The molecule has 0 heterocycles. The van der Waals surface area contributed by atoms with Crippen LogP contribution in [0.4, 0.5) is 0 Å². The SMILES string of the molecule is O=C(O)c1ccc(C(O)c2ccc3ccc(C(=O)NCc4ccc(Br)cc4)cc3c2)cc1. The van der Waals surface area contributed by atoms with Gasteiger partial charge < -0.3 is 15.5 Å². The predicted molar refractivity (Wildman–Crippen MR) is 127 cm³/mol. The van der Waals surface area contributed by atoms with Gasteiger partial charge in [0.05, 0.1) is 5.56 Å². The van der Waals surface area contributed by atoms with Gasteiger partial charge in [-0.1, -0.05) is 58.4 Å². The quantitative estimate of drug-likeness (QED) is 0.342. The largest absolute Gasteiger partial charge is 0.478 e. The Morgan fingerprint density at radius 1 is 0.781 bits per heavy atom. The zero-order valence-electron chi connectivity index (χ0n) is 17.0. The monoisotopic (exact) mass is 489 g/mol. The van der Waals surface area contributed by atoms with Gasteiger partial charge in [-0.05, 0) is 69.9 Å². The summed E-state index contributed by atoms with van der Waals surface area (Å²) in [5, 5.41) is 24.5. The van der Waals surface area contributed by atoms with Crippen LogP contribution < -0.4 is 5.32 Å². The molecule has 4 rings (SSSR count). The summed E-state index contributed by atoms with van der Waals surface area (Å²) < 4.78 is 0.984. The molecule has 4 aromatic rings. The van der Waals surface area contributed by atoms with E-state index in [0.717, 1.165) is 20.8 Å². The Morgan fingerprint density at radius 2 is 1.41 bits per heavy atom. The normalized spacial score (nSPS) is 11.8. The molecule has 1 atom stereocenters. The Labute approximate surface area is 193 Å². The van der Waals surface area contributed by atoms with Crippen LogP contribution in [0, 0.1) is 0 Å². The first-order valence-corrected chi connectivity index (χ1v) is 10.8. The van der Waals surface area contributed by atoms with Gasteiger partial charge in [0.25, 0.3) is 5.91 Å². The van der Waals surface area contributed by atoms with Crippen molar-refractivity contribution in [1.82, 2.24) is 5.32 Å². The Morgan fingerprint density at radius 3 is 2.09 bits per heavy atom. The van der Waals surface area contributed by atoms with E-state index in [-0.39, 0.29) is 11.5 Å². The van der Waals surface area contributed by atoms with Crippen LogP contribution in [0.1, 0.15) is 43.5 Å². The van der Waals surface area contributed by atoms with E-state index in [4.69, 9.17) is 5.11 Å². The van der Waals surface area contributed by atoms with Crippen LogP contribution in [-0.4, -0.2) is 22.1 Å². The fourth-order valence-electron chi connectivity index (χ4n) is 3.46. The number of benzene rings is 4. The Kier molecular flexibility index (Phi) is 6.35. The fraction of sp³-hybridized carbons (Fsp3) is 0.0769. The predicted octanol–water partition coefficient (Wildman–Crippen LogP) is 5.31. The van der Waals surface area contributed by atoms with Gasteiger partial charge >= 0.3 is 5.97 Å². The molecule has 0 radical (unpaired) electrons. The Hall–Kier alpha value is -3.48. The maximum atomic E-state index is 12.6. The molecule has 0 saturated carbocycles. The second-order valence-corrected chi connectivity index (χ2v) is 8.38. The van der Waals surface area contributed by atoms with Crippen molar-refractivity contribution in [3.8, 4) is 0 Å². The number of aliphatic hydroxyl groups excluding tert-OH is 1. The van der Waals surface area contributed by atoms with E-state index in [1.807, 2.05) is 48.5 Å². The van der Waals surface area contributed by atoms with Crippen molar-refractivity contribution < 1.29 is 19.8 Å². The van der Waals surface area contributed by atoms with Crippen LogP contribution in [0.5, 0.6) is 0 Å². The number of carboxylic acids is 1. The van der Waals surface area contributed by atoms with Crippen LogP contribution in [0.2, 0.25) is 0 Å². The van der Waals surface area contributed by atoms with E-state index in [1.54, 1.807) is 24.3 Å². The minimum atomic E-state index is -1.01. The fourth-order valence-corrected chi connectivity index (χ4v) is 3.73. The second-order valence-electron chi connectivity index (χ2n) is 7.46. The van der Waals surface area contributed by atoms with Gasteiger partial charge in [-0.2, -0.15) is 0 Å². The Bertz CT molecular complexity index is 1280. The van der Waals surface area contributed by atoms with E-state index < -0.39 is 12.1 Å². The van der Waals surface area contributed by atoms with Crippen LogP contribution in [0.15, 0.2) is 89.4 Å². The lowest BCUT2D eigenvalue weighted by atomic mass is 9.97. The average Bonchev–Trinajstić information content (AvgIpc) is 2.82. The number of amides is 1. The summed E-state index contributed by atoms with van der Waals surface area (Å²) in [5.41, 5.74) is 2.96. The summed E-state index contributed by atoms with van der Waals surface area (Å²) in [6.07, 6.45) is -0.905. The molecule has 160 valence electrons. The molecule has 4 aromatic carbocycles. The van der Waals surface area contributed by atoms with Crippen molar-refractivity contribution in [1.29, 1.82) is 0 Å². The van der Waals surface area contributed by atoms with E-state index >= 15 is 0 Å². The van der Waals surface area contributed by atoms with Gasteiger partial charge in [-0.15, -0.1) is 0 Å². The van der Waals surface area contributed by atoms with Crippen LogP contribution >= 0.6 is 15.9 Å². The number of aliphatic hydroxyl groups is 1. The van der Waals surface area contributed by atoms with Crippen LogP contribution in [0.25, 0.3) is 10.8 Å². The molecule has 5 nitrogen and oxygen atoms in total. The van der Waals surface area contributed by atoms with Gasteiger partial charge in [0.15, 0.2) is 0 Å². The topological polar surface area (TPSA) is 86.6 Å². The smallest absolute Gasteiger partial charge is 0.335 e. The molecule has 32 heavy (non-hydrogen) atoms. The van der Waals surface area contributed by atoms with E-state index in [2.05, 4.69) is 21.2 Å². The number of hydrogen-bond donors (Lipinski definition) is 3. The highest BCUT2D eigenvalue weighted by Crippen LogP contribution is 2.26. The van der Waals surface area contributed by atoms with Crippen molar-refractivity contribution >= 4 is 38.6 Å². The number of fused-ring (bicyclic) bond motifs is 1. The second kappa shape index (κ2) is 9.34. The summed E-state index contributed by atoms with van der Waals surface area (Å²) in [6, 6.07) is 24.9. The van der Waals surface area contributed by atoms with Crippen molar-refractivity contribution in [3.63, 3.8) is 0 Å². The Balaban J connectivity index is 1.53. The maximum Gasteiger partial charge on any atom is 0.335 e. The third-order valence-electron chi connectivity index (χ3n) is 5.28. The summed E-state index contributed by atoms with van der Waals surface area (Å²) in [6.45, 7) is 0.426. The molecule has 0 fully saturated rings. The number of hydrogen-bond acceptors (Lipinski definition) is 3. The molecular weight excluding hydrogens is 470 g/mol. The highest BCUT2D eigenvalue weighted by Gasteiger charge is 2.13. The van der Waals surface area contributed by atoms with Crippen LogP contribution in [-0.2, 0) is 6.54 Å². The molecule has 0 aromatic heterocycles. The van der Waals surface area contributed by atoms with Crippen LogP contribution in [0.3, 0.4) is 0 Å². The first-order chi connectivity index (χ1) is 15.4. The first-order valence-electron chi connectivity index (χ1n) is 9.98.